The van der Waals surface area contributed by atoms with E-state index in [0.29, 0.717) is 23.9 Å². The van der Waals surface area contributed by atoms with Crippen LogP contribution in [0, 0.1) is 0 Å². The molecule has 0 bridgehead atoms. The van der Waals surface area contributed by atoms with Crippen molar-refractivity contribution < 1.29 is 9.00 Å². The fraction of sp³-hybridized carbons (Fsp3) is 0.400. The number of hydrazine groups is 1. The van der Waals surface area contributed by atoms with Gasteiger partial charge in [-0.3, -0.25) is 9.00 Å². The zero-order valence-electron chi connectivity index (χ0n) is 9.60. The molecule has 7 heteroatoms. The molecule has 0 radical (unpaired) electrons. The summed E-state index contributed by atoms with van der Waals surface area (Å²) >= 11 is 0. The third kappa shape index (κ3) is 4.49. The van der Waals surface area contributed by atoms with Gasteiger partial charge in [0.25, 0.3) is 5.91 Å². The van der Waals surface area contributed by atoms with Gasteiger partial charge >= 0.3 is 0 Å². The summed E-state index contributed by atoms with van der Waals surface area (Å²) in [6.45, 7) is 2.22. The molecule has 6 nitrogen and oxygen atoms in total. The monoisotopic (exact) mass is 256 g/mol. The van der Waals surface area contributed by atoms with Crippen LogP contribution in [0.1, 0.15) is 17.4 Å². The van der Waals surface area contributed by atoms with Gasteiger partial charge in [0.1, 0.15) is 11.5 Å². The molecule has 94 valence electrons. The number of hydrogen-bond acceptors (Lipinski definition) is 5. The van der Waals surface area contributed by atoms with Crippen LogP contribution in [0.5, 0.6) is 0 Å². The van der Waals surface area contributed by atoms with Crippen molar-refractivity contribution in [1.29, 1.82) is 0 Å². The van der Waals surface area contributed by atoms with Crippen molar-refractivity contribution in [3.8, 4) is 0 Å². The third-order valence-electron chi connectivity index (χ3n) is 2.07. The third-order valence-corrected chi connectivity index (χ3v) is 3.37. The molecule has 17 heavy (non-hydrogen) atoms. The molecular formula is C10H16N4O2S. The van der Waals surface area contributed by atoms with Gasteiger partial charge in [0, 0.05) is 28.9 Å². The maximum Gasteiger partial charge on any atom is 0.269 e. The van der Waals surface area contributed by atoms with Gasteiger partial charge in [-0.15, -0.1) is 0 Å². The summed E-state index contributed by atoms with van der Waals surface area (Å²) < 4.78 is 11.1. The number of hydrogen-bond donors (Lipinski definition) is 3. The van der Waals surface area contributed by atoms with E-state index in [4.69, 9.17) is 5.84 Å². The van der Waals surface area contributed by atoms with E-state index in [1.807, 2.05) is 6.92 Å². The number of carbonyl (C=O) groups is 1. The Hall–Kier alpha value is -1.47. The number of aromatic nitrogens is 1. The van der Waals surface area contributed by atoms with Crippen LogP contribution in [-0.2, 0) is 10.8 Å². The average molecular weight is 256 g/mol. The molecule has 1 aromatic heterocycles. The number of nitrogens with one attached hydrogen (secondary N) is 2. The van der Waals surface area contributed by atoms with Gasteiger partial charge in [0.15, 0.2) is 0 Å². The van der Waals surface area contributed by atoms with E-state index in [1.54, 1.807) is 18.2 Å². The maximum atomic E-state index is 11.6. The van der Waals surface area contributed by atoms with Crippen LogP contribution >= 0.6 is 0 Å². The summed E-state index contributed by atoms with van der Waals surface area (Å²) in [4.78, 5) is 15.6. The lowest BCUT2D eigenvalue weighted by Gasteiger charge is -2.05. The first kappa shape index (κ1) is 13.6. The van der Waals surface area contributed by atoms with E-state index < -0.39 is 10.8 Å². The largest absolute Gasteiger partial charge is 0.350 e. The molecule has 4 N–H and O–H groups in total. The molecule has 0 aromatic carbocycles. The van der Waals surface area contributed by atoms with Crippen LogP contribution in [-0.4, -0.2) is 33.2 Å². The topological polar surface area (TPSA) is 97.1 Å². The molecule has 1 atom stereocenters. The second-order valence-corrected chi connectivity index (χ2v) is 5.11. The first-order valence-corrected chi connectivity index (χ1v) is 6.73. The van der Waals surface area contributed by atoms with Gasteiger partial charge in [0.2, 0.25) is 0 Å². The fourth-order valence-electron chi connectivity index (χ4n) is 1.15. The van der Waals surface area contributed by atoms with Crippen molar-refractivity contribution in [3.63, 3.8) is 0 Å². The molecule has 0 saturated heterocycles. The van der Waals surface area contributed by atoms with E-state index in [0.717, 1.165) is 0 Å². The standard InChI is InChI=1S/C10H16N4O2S/c1-2-17(16)7-6-12-10(15)8-4-3-5-9(13-8)14-11/h3-5H,2,6-7,11H2,1H3,(H,12,15)(H,13,14). The Balaban J connectivity index is 2.49. The summed E-state index contributed by atoms with van der Waals surface area (Å²) in [5.41, 5.74) is 2.65. The quantitative estimate of drug-likeness (QED) is 0.486. The summed E-state index contributed by atoms with van der Waals surface area (Å²) in [7, 11) is -0.873. The molecule has 1 amide bonds. The van der Waals surface area contributed by atoms with Gasteiger partial charge in [0.05, 0.1) is 0 Å². The van der Waals surface area contributed by atoms with Gasteiger partial charge < -0.3 is 10.7 Å². The minimum Gasteiger partial charge on any atom is -0.350 e. The van der Waals surface area contributed by atoms with Gasteiger partial charge in [-0.25, -0.2) is 10.8 Å². The molecular weight excluding hydrogens is 240 g/mol. The van der Waals surface area contributed by atoms with Gasteiger partial charge in [-0.2, -0.15) is 0 Å². The number of carbonyl (C=O) groups excluding carboxylic acids is 1. The Bertz CT molecular complexity index is 411. The Morgan fingerprint density at radius 3 is 2.94 bits per heavy atom. The Morgan fingerprint density at radius 1 is 1.53 bits per heavy atom. The minimum absolute atomic E-state index is 0.280. The number of rotatable bonds is 6. The SMILES string of the molecule is CCS(=O)CCNC(=O)c1cccc(NN)n1. The number of amides is 1. The lowest BCUT2D eigenvalue weighted by Crippen LogP contribution is -2.29. The molecule has 0 fully saturated rings. The minimum atomic E-state index is -0.873. The second-order valence-electron chi connectivity index (χ2n) is 3.24. The van der Waals surface area contributed by atoms with Crippen molar-refractivity contribution >= 4 is 22.5 Å². The first-order valence-electron chi connectivity index (χ1n) is 5.24. The number of nitrogens with zero attached hydrogens (tertiary/aromatic N) is 1. The van der Waals surface area contributed by atoms with Crippen LogP contribution in [0.4, 0.5) is 5.82 Å². The van der Waals surface area contributed by atoms with E-state index in [9.17, 15) is 9.00 Å². The summed E-state index contributed by atoms with van der Waals surface area (Å²) in [5, 5.41) is 2.65. The highest BCUT2D eigenvalue weighted by Gasteiger charge is 2.07. The molecule has 1 rings (SSSR count). The fourth-order valence-corrected chi connectivity index (χ4v) is 1.77. The number of nitrogens with two attached hydrogens (primary N) is 1. The van der Waals surface area contributed by atoms with E-state index in [-0.39, 0.29) is 11.6 Å². The van der Waals surface area contributed by atoms with Crippen molar-refractivity contribution in [1.82, 2.24) is 10.3 Å². The average Bonchev–Trinajstić information content (AvgIpc) is 2.38. The Labute approximate surface area is 102 Å². The molecule has 0 aliphatic heterocycles. The van der Waals surface area contributed by atoms with Crippen LogP contribution in [0.3, 0.4) is 0 Å². The molecule has 1 unspecified atom stereocenters. The molecule has 1 aromatic rings. The highest BCUT2D eigenvalue weighted by atomic mass is 32.2. The highest BCUT2D eigenvalue weighted by Crippen LogP contribution is 2.02. The molecule has 0 aliphatic rings. The van der Waals surface area contributed by atoms with Crippen LogP contribution in [0.15, 0.2) is 18.2 Å². The van der Waals surface area contributed by atoms with Crippen LogP contribution in [0.2, 0.25) is 0 Å². The zero-order chi connectivity index (χ0) is 12.7. The van der Waals surface area contributed by atoms with Crippen LogP contribution < -0.4 is 16.6 Å². The van der Waals surface area contributed by atoms with Crippen molar-refractivity contribution in [2.75, 3.05) is 23.5 Å². The van der Waals surface area contributed by atoms with E-state index in [1.165, 1.54) is 0 Å². The molecule has 0 aliphatic carbocycles. The second kappa shape index (κ2) is 6.97. The van der Waals surface area contributed by atoms with Crippen LogP contribution in [0.25, 0.3) is 0 Å². The molecule has 0 saturated carbocycles. The number of nitrogen functional groups attached to an aromatic ring is 1. The first-order chi connectivity index (χ1) is 8.17. The van der Waals surface area contributed by atoms with E-state index >= 15 is 0 Å². The van der Waals surface area contributed by atoms with E-state index in [2.05, 4.69) is 15.7 Å². The number of pyridine rings is 1. The lowest BCUT2D eigenvalue weighted by atomic mass is 10.3. The maximum absolute atomic E-state index is 11.6. The van der Waals surface area contributed by atoms with Crippen molar-refractivity contribution in [2.45, 2.75) is 6.92 Å². The normalized spacial score (nSPS) is 11.9. The van der Waals surface area contributed by atoms with Crippen molar-refractivity contribution in [2.24, 2.45) is 5.84 Å². The Kier molecular flexibility index (Phi) is 5.58. The molecule has 0 spiro atoms. The van der Waals surface area contributed by atoms with Crippen molar-refractivity contribution in [3.05, 3.63) is 23.9 Å². The predicted octanol–water partition coefficient (Wildman–Crippen LogP) is -0.134. The zero-order valence-corrected chi connectivity index (χ0v) is 10.4. The number of anilines is 1. The summed E-state index contributed by atoms with van der Waals surface area (Å²) in [5.74, 6) is 6.38. The highest BCUT2D eigenvalue weighted by molar-refractivity contribution is 7.84. The summed E-state index contributed by atoms with van der Waals surface area (Å²) in [6.07, 6.45) is 0. The predicted molar refractivity (Wildman–Crippen MR) is 67.9 cm³/mol. The summed E-state index contributed by atoms with van der Waals surface area (Å²) in [6, 6.07) is 4.93. The molecule has 1 heterocycles. The van der Waals surface area contributed by atoms with Gasteiger partial charge in [-0.05, 0) is 12.1 Å². The lowest BCUT2D eigenvalue weighted by molar-refractivity contribution is 0.0951. The smallest absolute Gasteiger partial charge is 0.269 e. The Morgan fingerprint density at radius 2 is 2.29 bits per heavy atom. The van der Waals surface area contributed by atoms with Gasteiger partial charge in [-0.1, -0.05) is 13.0 Å².